The molecule has 3 rings (SSSR count). The molecule has 9 nitrogen and oxygen atoms in total. The van der Waals surface area contributed by atoms with Crippen LogP contribution in [0.25, 0.3) is 0 Å². The second-order valence-corrected chi connectivity index (χ2v) is 12.0. The normalized spacial score (nSPS) is 26.5. The molecule has 2 fully saturated rings. The van der Waals surface area contributed by atoms with E-state index in [9.17, 15) is 10.4 Å². The van der Waals surface area contributed by atoms with Gasteiger partial charge in [-0.2, -0.15) is 25.1 Å². The summed E-state index contributed by atoms with van der Waals surface area (Å²) < 4.78 is 0. The van der Waals surface area contributed by atoms with Gasteiger partial charge in [0.2, 0.25) is 17.2 Å². The minimum Gasteiger partial charge on any atom is -0.351 e. The highest BCUT2D eigenvalue weighted by molar-refractivity contribution is 6.28. The van der Waals surface area contributed by atoms with Gasteiger partial charge in [-0.25, -0.2) is 0 Å². The van der Waals surface area contributed by atoms with Crippen molar-refractivity contribution in [2.75, 3.05) is 10.6 Å². The average molecular weight is 456 g/mol. The van der Waals surface area contributed by atoms with Crippen LogP contribution in [0, 0.1) is 0 Å². The molecule has 1 aromatic heterocycles. The fourth-order valence-electron chi connectivity index (χ4n) is 5.59. The summed E-state index contributed by atoms with van der Waals surface area (Å²) in [5.41, 5.74) is -1.53. The number of rotatable bonds is 4. The quantitative estimate of drug-likeness (QED) is 0.531. The van der Waals surface area contributed by atoms with Gasteiger partial charge in [-0.15, -0.1) is 0 Å². The van der Waals surface area contributed by atoms with Crippen LogP contribution < -0.4 is 10.6 Å². The third kappa shape index (κ3) is 5.22. The number of halogens is 1. The lowest BCUT2D eigenvalue weighted by atomic mass is 9.79. The maximum absolute atomic E-state index is 10.5. The van der Waals surface area contributed by atoms with E-state index in [0.717, 1.165) is 25.7 Å². The Kier molecular flexibility index (Phi) is 6.25. The molecule has 2 aliphatic rings. The summed E-state index contributed by atoms with van der Waals surface area (Å²) in [4.78, 5) is 13.1. The maximum Gasteiger partial charge on any atom is 0.229 e. The van der Waals surface area contributed by atoms with Crippen LogP contribution in [-0.4, -0.2) is 69.7 Å². The van der Waals surface area contributed by atoms with E-state index in [1.54, 1.807) is 0 Å². The number of aromatic nitrogens is 3. The van der Waals surface area contributed by atoms with Crippen LogP contribution in [0.3, 0.4) is 0 Å². The zero-order valence-corrected chi connectivity index (χ0v) is 20.7. The minimum absolute atomic E-state index is 0.0789. The summed E-state index contributed by atoms with van der Waals surface area (Å²) in [6, 6.07) is 0.158. The predicted octanol–water partition coefficient (Wildman–Crippen LogP) is 4.17. The molecular weight excluding hydrogens is 418 g/mol. The second kappa shape index (κ2) is 7.95. The van der Waals surface area contributed by atoms with Gasteiger partial charge in [0.15, 0.2) is 0 Å². The van der Waals surface area contributed by atoms with Crippen LogP contribution >= 0.6 is 11.6 Å². The molecule has 10 heteroatoms. The van der Waals surface area contributed by atoms with E-state index >= 15 is 0 Å². The van der Waals surface area contributed by atoms with Gasteiger partial charge >= 0.3 is 0 Å². The SMILES string of the molecule is CC1(C)CC(Nc2nc(Cl)nc(NC3CC(C)(C)N(O)C(C)(C)C3)n2)CC(C)(C)N1O. The van der Waals surface area contributed by atoms with Crippen LogP contribution in [0.4, 0.5) is 11.9 Å². The molecule has 0 atom stereocenters. The molecule has 3 heterocycles. The Morgan fingerprint density at radius 3 is 1.26 bits per heavy atom. The van der Waals surface area contributed by atoms with Crippen molar-refractivity contribution in [1.29, 1.82) is 0 Å². The Balaban J connectivity index is 1.75. The monoisotopic (exact) mass is 455 g/mol. The van der Waals surface area contributed by atoms with Gasteiger partial charge in [-0.05, 0) is 92.7 Å². The molecule has 176 valence electrons. The fourth-order valence-corrected chi connectivity index (χ4v) is 5.75. The second-order valence-electron chi connectivity index (χ2n) is 11.6. The van der Waals surface area contributed by atoms with Crippen LogP contribution in [0.15, 0.2) is 0 Å². The van der Waals surface area contributed by atoms with Crippen molar-refractivity contribution in [2.45, 2.75) is 115 Å². The summed E-state index contributed by atoms with van der Waals surface area (Å²) in [5, 5.41) is 30.9. The highest BCUT2D eigenvalue weighted by Crippen LogP contribution is 2.39. The first-order chi connectivity index (χ1) is 14.0. The summed E-state index contributed by atoms with van der Waals surface area (Å²) in [5.74, 6) is 0.840. The standard InChI is InChI=1S/C21H38ClN7O2/c1-18(2)9-13(10-19(3,4)28(18)30)23-16-25-15(22)26-17(27-16)24-14-11-20(5,6)29(31)21(7,8)12-14/h13-14,30-31H,9-12H2,1-8H3,(H2,23,24,25,26,27). The van der Waals surface area contributed by atoms with Crippen LogP contribution in [-0.2, 0) is 0 Å². The van der Waals surface area contributed by atoms with Gasteiger partial charge in [0, 0.05) is 34.2 Å². The summed E-state index contributed by atoms with van der Waals surface area (Å²) in [6.07, 6.45) is 2.93. The summed E-state index contributed by atoms with van der Waals surface area (Å²) in [6.45, 7) is 16.2. The average Bonchev–Trinajstić information content (AvgIpc) is 2.56. The number of piperidine rings is 2. The van der Waals surface area contributed by atoms with E-state index in [-0.39, 0.29) is 39.5 Å². The first-order valence-corrected chi connectivity index (χ1v) is 11.3. The van der Waals surface area contributed by atoms with Crippen molar-refractivity contribution in [3.63, 3.8) is 0 Å². The van der Waals surface area contributed by atoms with Gasteiger partial charge in [0.1, 0.15) is 0 Å². The van der Waals surface area contributed by atoms with Crippen LogP contribution in [0.5, 0.6) is 0 Å². The largest absolute Gasteiger partial charge is 0.351 e. The third-order valence-electron chi connectivity index (χ3n) is 6.55. The fraction of sp³-hybridized carbons (Fsp3) is 0.857. The van der Waals surface area contributed by atoms with Gasteiger partial charge in [-0.1, -0.05) is 0 Å². The predicted molar refractivity (Wildman–Crippen MR) is 122 cm³/mol. The van der Waals surface area contributed by atoms with E-state index in [1.165, 1.54) is 10.1 Å². The Hall–Kier alpha value is -1.26. The van der Waals surface area contributed by atoms with E-state index in [2.05, 4.69) is 25.6 Å². The number of nitrogens with one attached hydrogen (secondary N) is 2. The smallest absolute Gasteiger partial charge is 0.229 e. The van der Waals surface area contributed by atoms with E-state index < -0.39 is 0 Å². The van der Waals surface area contributed by atoms with Crippen molar-refractivity contribution in [1.82, 2.24) is 25.1 Å². The molecule has 2 aliphatic heterocycles. The van der Waals surface area contributed by atoms with Crippen molar-refractivity contribution < 1.29 is 10.4 Å². The Morgan fingerprint density at radius 2 is 0.968 bits per heavy atom. The molecule has 0 aromatic carbocycles. The zero-order chi connectivity index (χ0) is 23.4. The van der Waals surface area contributed by atoms with Gasteiger partial charge < -0.3 is 21.0 Å². The molecule has 0 saturated carbocycles. The first kappa shape index (κ1) is 24.4. The highest BCUT2D eigenvalue weighted by atomic mass is 35.5. The van der Waals surface area contributed by atoms with Gasteiger partial charge in [0.05, 0.1) is 0 Å². The number of hydrogen-bond donors (Lipinski definition) is 4. The lowest BCUT2D eigenvalue weighted by Gasteiger charge is -2.51. The molecule has 2 saturated heterocycles. The number of nitrogens with zero attached hydrogens (tertiary/aromatic N) is 5. The molecule has 0 amide bonds. The molecule has 0 spiro atoms. The molecule has 1 aromatic rings. The van der Waals surface area contributed by atoms with Gasteiger partial charge in [-0.3, -0.25) is 0 Å². The molecule has 0 aliphatic carbocycles. The summed E-state index contributed by atoms with van der Waals surface area (Å²) in [7, 11) is 0. The van der Waals surface area contributed by atoms with E-state index in [1.807, 2.05) is 55.4 Å². The van der Waals surface area contributed by atoms with Crippen molar-refractivity contribution in [3.8, 4) is 0 Å². The van der Waals surface area contributed by atoms with Crippen molar-refractivity contribution in [3.05, 3.63) is 5.28 Å². The third-order valence-corrected chi connectivity index (χ3v) is 6.72. The lowest BCUT2D eigenvalue weighted by molar-refractivity contribution is -0.243. The zero-order valence-electron chi connectivity index (χ0n) is 20.0. The number of hydrogen-bond acceptors (Lipinski definition) is 9. The molecular formula is C21H38ClN7O2. The lowest BCUT2D eigenvalue weighted by Crippen LogP contribution is -2.61. The molecule has 31 heavy (non-hydrogen) atoms. The van der Waals surface area contributed by atoms with Crippen LogP contribution in [0.1, 0.15) is 81.1 Å². The summed E-state index contributed by atoms with van der Waals surface area (Å²) >= 11 is 6.22. The first-order valence-electron chi connectivity index (χ1n) is 10.9. The molecule has 0 radical (unpaired) electrons. The van der Waals surface area contributed by atoms with Crippen molar-refractivity contribution in [2.24, 2.45) is 0 Å². The van der Waals surface area contributed by atoms with Crippen molar-refractivity contribution >= 4 is 23.5 Å². The minimum atomic E-state index is -0.382. The Labute approximate surface area is 190 Å². The molecule has 4 N–H and O–H groups in total. The van der Waals surface area contributed by atoms with E-state index in [0.29, 0.717) is 11.9 Å². The topological polar surface area (TPSA) is 110 Å². The molecule has 0 unspecified atom stereocenters. The highest BCUT2D eigenvalue weighted by Gasteiger charge is 2.46. The maximum atomic E-state index is 10.5. The van der Waals surface area contributed by atoms with E-state index in [4.69, 9.17) is 11.6 Å². The number of hydroxylamine groups is 4. The van der Waals surface area contributed by atoms with Crippen LogP contribution in [0.2, 0.25) is 5.28 Å². The van der Waals surface area contributed by atoms with Gasteiger partial charge in [0.25, 0.3) is 0 Å². The number of anilines is 2. The molecule has 0 bridgehead atoms. The Morgan fingerprint density at radius 1 is 0.677 bits per heavy atom. The Bertz CT molecular complexity index is 717.